The Bertz CT molecular complexity index is 377. The molecule has 7 heteroatoms. The molecule has 2 atom stereocenters. The van der Waals surface area contributed by atoms with Crippen LogP contribution in [0.1, 0.15) is 6.42 Å². The van der Waals surface area contributed by atoms with E-state index >= 15 is 0 Å². The van der Waals surface area contributed by atoms with Crippen molar-refractivity contribution in [2.75, 3.05) is 53.4 Å². The molecule has 2 aliphatic rings. The quantitative estimate of drug-likeness (QED) is 0.776. The summed E-state index contributed by atoms with van der Waals surface area (Å²) in [6, 6.07) is -0.103. The number of rotatable bonds is 3. The molecular formula is C13H23N3O4. The molecule has 2 amide bonds. The Labute approximate surface area is 119 Å². The van der Waals surface area contributed by atoms with Crippen LogP contribution in [0.4, 0.5) is 4.79 Å². The lowest BCUT2D eigenvalue weighted by atomic mass is 10.1. The molecule has 2 saturated heterocycles. The van der Waals surface area contributed by atoms with Gasteiger partial charge in [-0.1, -0.05) is 0 Å². The number of urea groups is 1. The highest BCUT2D eigenvalue weighted by Gasteiger charge is 2.31. The van der Waals surface area contributed by atoms with Crippen molar-refractivity contribution in [3.8, 4) is 0 Å². The van der Waals surface area contributed by atoms with Crippen molar-refractivity contribution in [3.63, 3.8) is 0 Å². The van der Waals surface area contributed by atoms with E-state index < -0.39 is 12.1 Å². The number of hydrogen-bond acceptors (Lipinski definition) is 4. The molecule has 2 rings (SSSR count). The number of carboxylic acids is 1. The molecule has 0 aliphatic carbocycles. The van der Waals surface area contributed by atoms with Gasteiger partial charge in [-0.25, -0.2) is 9.59 Å². The molecule has 0 spiro atoms. The second kappa shape index (κ2) is 6.41. The number of ether oxygens (including phenoxy) is 1. The number of morpholine rings is 1. The lowest BCUT2D eigenvalue weighted by molar-refractivity contribution is -0.154. The summed E-state index contributed by atoms with van der Waals surface area (Å²) in [6.07, 6.45) is 0.202. The van der Waals surface area contributed by atoms with Gasteiger partial charge in [0.25, 0.3) is 0 Å². The van der Waals surface area contributed by atoms with Gasteiger partial charge in [0.2, 0.25) is 0 Å². The first kappa shape index (κ1) is 15.1. The number of carbonyl (C=O) groups excluding carboxylic acids is 1. The molecule has 0 bridgehead atoms. The molecule has 2 heterocycles. The van der Waals surface area contributed by atoms with Crippen LogP contribution < -0.4 is 0 Å². The molecule has 0 aromatic heterocycles. The minimum atomic E-state index is -1.01. The number of likely N-dealkylation sites (tertiary alicyclic amines) is 1. The summed E-state index contributed by atoms with van der Waals surface area (Å²) in [5.41, 5.74) is 0. The zero-order valence-electron chi connectivity index (χ0n) is 12.1. The van der Waals surface area contributed by atoms with Crippen LogP contribution in [-0.4, -0.2) is 91.3 Å². The van der Waals surface area contributed by atoms with Crippen molar-refractivity contribution in [1.82, 2.24) is 14.7 Å². The number of hydrogen-bond donors (Lipinski definition) is 1. The van der Waals surface area contributed by atoms with Gasteiger partial charge in [0.15, 0.2) is 6.10 Å². The van der Waals surface area contributed by atoms with E-state index in [2.05, 4.69) is 11.9 Å². The van der Waals surface area contributed by atoms with Crippen molar-refractivity contribution < 1.29 is 19.4 Å². The van der Waals surface area contributed by atoms with Gasteiger partial charge in [-0.05, 0) is 25.9 Å². The molecule has 0 radical (unpaired) electrons. The number of amides is 2. The molecule has 114 valence electrons. The Hall–Kier alpha value is -1.34. The largest absolute Gasteiger partial charge is 0.479 e. The highest BCUT2D eigenvalue weighted by atomic mass is 16.5. The summed E-state index contributed by atoms with van der Waals surface area (Å²) >= 11 is 0. The molecule has 1 N–H and O–H groups in total. The Balaban J connectivity index is 1.84. The Morgan fingerprint density at radius 1 is 1.35 bits per heavy atom. The van der Waals surface area contributed by atoms with Gasteiger partial charge in [0, 0.05) is 26.7 Å². The van der Waals surface area contributed by atoms with E-state index in [1.54, 1.807) is 16.8 Å². The lowest BCUT2D eigenvalue weighted by Crippen LogP contribution is -2.52. The SMILES string of the molecule is CN1CCC(CN(C)C(=O)N2CCOC(C(=O)O)C2)C1. The number of aliphatic carboxylic acids is 1. The van der Waals surface area contributed by atoms with Crippen LogP contribution >= 0.6 is 0 Å². The zero-order chi connectivity index (χ0) is 14.7. The third kappa shape index (κ3) is 3.61. The first-order valence-corrected chi connectivity index (χ1v) is 7.00. The van der Waals surface area contributed by atoms with E-state index in [4.69, 9.17) is 9.84 Å². The van der Waals surface area contributed by atoms with Crippen LogP contribution in [0.3, 0.4) is 0 Å². The molecule has 20 heavy (non-hydrogen) atoms. The van der Waals surface area contributed by atoms with Gasteiger partial charge in [0.1, 0.15) is 0 Å². The summed E-state index contributed by atoms with van der Waals surface area (Å²) in [7, 11) is 3.87. The van der Waals surface area contributed by atoms with Crippen molar-refractivity contribution in [2.24, 2.45) is 5.92 Å². The Morgan fingerprint density at radius 3 is 2.70 bits per heavy atom. The number of carbonyl (C=O) groups is 2. The van der Waals surface area contributed by atoms with Crippen LogP contribution in [0.25, 0.3) is 0 Å². The molecule has 0 aromatic carbocycles. The van der Waals surface area contributed by atoms with E-state index in [0.29, 0.717) is 12.5 Å². The van der Waals surface area contributed by atoms with Gasteiger partial charge in [-0.15, -0.1) is 0 Å². The van der Waals surface area contributed by atoms with Crippen LogP contribution in [0.15, 0.2) is 0 Å². The first-order chi connectivity index (χ1) is 9.47. The minimum absolute atomic E-state index is 0.103. The highest BCUT2D eigenvalue weighted by molar-refractivity contribution is 5.77. The molecule has 2 unspecified atom stereocenters. The van der Waals surface area contributed by atoms with Crippen LogP contribution in [0.5, 0.6) is 0 Å². The highest BCUT2D eigenvalue weighted by Crippen LogP contribution is 2.16. The fraction of sp³-hybridized carbons (Fsp3) is 0.846. The van der Waals surface area contributed by atoms with E-state index in [1.807, 2.05) is 0 Å². The van der Waals surface area contributed by atoms with E-state index in [0.717, 1.165) is 26.1 Å². The predicted octanol–water partition coefficient (Wildman–Crippen LogP) is -0.225. The van der Waals surface area contributed by atoms with Crippen molar-refractivity contribution in [3.05, 3.63) is 0 Å². The molecular weight excluding hydrogens is 262 g/mol. The molecule has 2 aliphatic heterocycles. The topological polar surface area (TPSA) is 73.3 Å². The third-order valence-electron chi connectivity index (χ3n) is 3.96. The molecule has 0 saturated carbocycles. The fourth-order valence-electron chi connectivity index (χ4n) is 2.85. The monoisotopic (exact) mass is 285 g/mol. The normalized spacial score (nSPS) is 27.6. The van der Waals surface area contributed by atoms with E-state index in [1.165, 1.54) is 0 Å². The van der Waals surface area contributed by atoms with Gasteiger partial charge >= 0.3 is 12.0 Å². The average molecular weight is 285 g/mol. The molecule has 0 aromatic rings. The Kier molecular flexibility index (Phi) is 4.82. The van der Waals surface area contributed by atoms with Gasteiger partial charge in [-0.3, -0.25) is 0 Å². The maximum absolute atomic E-state index is 12.3. The maximum atomic E-state index is 12.3. The standard InChI is InChI=1S/C13H23N3O4/c1-14-4-3-10(7-14)8-15(2)13(19)16-5-6-20-11(9-16)12(17)18/h10-11H,3-9H2,1-2H3,(H,17,18). The fourth-order valence-corrected chi connectivity index (χ4v) is 2.85. The van der Waals surface area contributed by atoms with Crippen molar-refractivity contribution >= 4 is 12.0 Å². The lowest BCUT2D eigenvalue weighted by Gasteiger charge is -2.34. The zero-order valence-corrected chi connectivity index (χ0v) is 12.1. The number of carboxylic acid groups (broad SMARTS) is 1. The second-order valence-corrected chi connectivity index (χ2v) is 5.72. The summed E-state index contributed by atoms with van der Waals surface area (Å²) < 4.78 is 5.13. The second-order valence-electron chi connectivity index (χ2n) is 5.72. The third-order valence-corrected chi connectivity index (χ3v) is 3.96. The van der Waals surface area contributed by atoms with E-state index in [-0.39, 0.29) is 19.2 Å². The summed E-state index contributed by atoms with van der Waals surface area (Å²) in [5, 5.41) is 8.95. The summed E-state index contributed by atoms with van der Waals surface area (Å²) in [6.45, 7) is 3.67. The van der Waals surface area contributed by atoms with Crippen LogP contribution in [-0.2, 0) is 9.53 Å². The average Bonchev–Trinajstić information content (AvgIpc) is 2.83. The van der Waals surface area contributed by atoms with E-state index in [9.17, 15) is 9.59 Å². The van der Waals surface area contributed by atoms with Gasteiger partial charge in [0.05, 0.1) is 13.2 Å². The van der Waals surface area contributed by atoms with Gasteiger partial charge in [-0.2, -0.15) is 0 Å². The number of nitrogens with zero attached hydrogens (tertiary/aromatic N) is 3. The maximum Gasteiger partial charge on any atom is 0.334 e. The van der Waals surface area contributed by atoms with Crippen LogP contribution in [0, 0.1) is 5.92 Å². The molecule has 2 fully saturated rings. The minimum Gasteiger partial charge on any atom is -0.479 e. The summed E-state index contributed by atoms with van der Waals surface area (Å²) in [5.74, 6) is -0.507. The van der Waals surface area contributed by atoms with Gasteiger partial charge < -0.3 is 24.5 Å². The summed E-state index contributed by atoms with van der Waals surface area (Å²) in [4.78, 5) is 28.8. The predicted molar refractivity (Wildman–Crippen MR) is 72.6 cm³/mol. The smallest absolute Gasteiger partial charge is 0.334 e. The first-order valence-electron chi connectivity index (χ1n) is 7.00. The van der Waals surface area contributed by atoms with Crippen LogP contribution in [0.2, 0.25) is 0 Å². The van der Waals surface area contributed by atoms with Crippen molar-refractivity contribution in [2.45, 2.75) is 12.5 Å². The molecule has 7 nitrogen and oxygen atoms in total. The Morgan fingerprint density at radius 2 is 2.10 bits per heavy atom. The van der Waals surface area contributed by atoms with Crippen molar-refractivity contribution in [1.29, 1.82) is 0 Å².